The lowest BCUT2D eigenvalue weighted by molar-refractivity contribution is -0.186. The molecule has 2 N–H and O–H groups in total. The Morgan fingerprint density at radius 3 is 2.37 bits per heavy atom. The topological polar surface area (TPSA) is 60.5 Å². The Morgan fingerprint density at radius 1 is 1.00 bits per heavy atom. The Bertz CT molecular complexity index is 915. The number of halogens is 5. The van der Waals surface area contributed by atoms with E-state index in [0.717, 1.165) is 24.4 Å². The minimum atomic E-state index is -3.76. The maximum atomic E-state index is 15.6. The maximum absolute atomic E-state index is 15.6. The number of benzene rings is 1. The lowest BCUT2D eigenvalue weighted by atomic mass is 9.69. The van der Waals surface area contributed by atoms with Crippen molar-refractivity contribution in [3.63, 3.8) is 0 Å². The Hall–Kier alpha value is -2.71. The summed E-state index contributed by atoms with van der Waals surface area (Å²) < 4.78 is 78.1. The molecule has 1 spiro atoms. The van der Waals surface area contributed by atoms with Gasteiger partial charge >= 0.3 is 5.92 Å². The molecule has 0 saturated heterocycles. The molecule has 2 aromatic rings. The number of aromatic nitrogens is 1. The van der Waals surface area contributed by atoms with Crippen LogP contribution in [0.3, 0.4) is 0 Å². The van der Waals surface area contributed by atoms with Gasteiger partial charge in [-0.1, -0.05) is 24.3 Å². The molecule has 1 aliphatic carbocycles. The van der Waals surface area contributed by atoms with Crippen LogP contribution in [0.4, 0.5) is 22.0 Å². The van der Waals surface area contributed by atoms with Crippen LogP contribution in [0.1, 0.15) is 35.8 Å². The van der Waals surface area contributed by atoms with Crippen molar-refractivity contribution in [3.8, 4) is 0 Å². The first-order valence-corrected chi connectivity index (χ1v) is 8.16. The first-order chi connectivity index (χ1) is 12.7. The zero-order valence-electron chi connectivity index (χ0n) is 13.8. The summed E-state index contributed by atoms with van der Waals surface area (Å²) in [6.45, 7) is 0. The molecule has 1 aromatic carbocycles. The Balaban J connectivity index is 1.92. The summed E-state index contributed by atoms with van der Waals surface area (Å²) in [4.78, 5) is 7.47. The second-order valence-corrected chi connectivity index (χ2v) is 6.58. The highest BCUT2D eigenvalue weighted by molar-refractivity contribution is 5.74. The third kappa shape index (κ3) is 2.48. The van der Waals surface area contributed by atoms with Gasteiger partial charge in [0.05, 0.1) is 11.9 Å². The molecule has 2 aliphatic rings. The molecule has 142 valence electrons. The van der Waals surface area contributed by atoms with Crippen LogP contribution in [-0.4, -0.2) is 16.9 Å². The predicted octanol–water partition coefficient (Wildman–Crippen LogP) is 4.02. The van der Waals surface area contributed by atoms with Gasteiger partial charge in [-0.25, -0.2) is 18.2 Å². The van der Waals surface area contributed by atoms with Crippen molar-refractivity contribution < 1.29 is 26.7 Å². The smallest absolute Gasteiger partial charge is 0.318 e. The van der Waals surface area contributed by atoms with Crippen molar-refractivity contribution in [1.29, 1.82) is 0 Å². The van der Waals surface area contributed by atoms with Crippen molar-refractivity contribution in [3.05, 3.63) is 65.2 Å². The fraction of sp³-hybridized carbons (Fsp3) is 0.333. The number of hydrogen-bond donors (Lipinski definition) is 1. The second kappa shape index (κ2) is 5.64. The monoisotopic (exact) mass is 383 g/mol. The van der Waals surface area contributed by atoms with Gasteiger partial charge in [-0.15, -0.1) is 0 Å². The minimum Gasteiger partial charge on any atom is -0.449 e. The van der Waals surface area contributed by atoms with Crippen molar-refractivity contribution in [2.45, 2.75) is 36.3 Å². The van der Waals surface area contributed by atoms with Crippen molar-refractivity contribution in [2.24, 2.45) is 10.7 Å². The number of pyridine rings is 1. The number of aliphatic imine (C=N–C) groups is 1. The van der Waals surface area contributed by atoms with E-state index < -0.39 is 53.7 Å². The van der Waals surface area contributed by atoms with Gasteiger partial charge in [-0.3, -0.25) is 4.98 Å². The largest absolute Gasteiger partial charge is 0.449 e. The van der Waals surface area contributed by atoms with Crippen LogP contribution in [0.25, 0.3) is 0 Å². The third-order valence-corrected chi connectivity index (χ3v) is 5.01. The average molecular weight is 383 g/mol. The molecule has 0 bridgehead atoms. The summed E-state index contributed by atoms with van der Waals surface area (Å²) in [6.07, 6.45) is -2.67. The molecule has 0 fully saturated rings. The fourth-order valence-electron chi connectivity index (χ4n) is 3.72. The van der Waals surface area contributed by atoms with E-state index in [-0.39, 0.29) is 11.3 Å². The molecule has 1 aliphatic heterocycles. The molecule has 1 unspecified atom stereocenters. The normalized spacial score (nSPS) is 28.2. The Kier molecular flexibility index (Phi) is 3.70. The number of amidine groups is 1. The highest BCUT2D eigenvalue weighted by atomic mass is 19.3. The van der Waals surface area contributed by atoms with E-state index in [9.17, 15) is 13.2 Å². The number of rotatable bonds is 1. The lowest BCUT2D eigenvalue weighted by Crippen LogP contribution is -2.56. The van der Waals surface area contributed by atoms with E-state index in [1.165, 1.54) is 18.2 Å². The summed E-state index contributed by atoms with van der Waals surface area (Å²) in [6, 6.07) is 6.51. The van der Waals surface area contributed by atoms with Crippen LogP contribution < -0.4 is 5.73 Å². The van der Waals surface area contributed by atoms with Crippen LogP contribution in [0.5, 0.6) is 0 Å². The van der Waals surface area contributed by atoms with Crippen LogP contribution in [0.2, 0.25) is 0 Å². The fourth-order valence-corrected chi connectivity index (χ4v) is 3.72. The van der Waals surface area contributed by atoms with Gasteiger partial charge in [0, 0.05) is 12.0 Å². The molecule has 2 atom stereocenters. The molecule has 2 heterocycles. The zero-order valence-corrected chi connectivity index (χ0v) is 13.8. The van der Waals surface area contributed by atoms with E-state index in [0.29, 0.717) is 0 Å². The Labute approximate surface area is 150 Å². The van der Waals surface area contributed by atoms with Crippen LogP contribution in [0.15, 0.2) is 47.6 Å². The molecule has 0 amide bonds. The molecular formula is C18H14F5N3O. The van der Waals surface area contributed by atoms with Gasteiger partial charge < -0.3 is 10.5 Å². The molecule has 9 heteroatoms. The Morgan fingerprint density at radius 2 is 1.70 bits per heavy atom. The van der Waals surface area contributed by atoms with Gasteiger partial charge in [0.25, 0.3) is 11.9 Å². The molecule has 0 radical (unpaired) electrons. The molecule has 27 heavy (non-hydrogen) atoms. The van der Waals surface area contributed by atoms with E-state index in [1.807, 2.05) is 0 Å². The third-order valence-electron chi connectivity index (χ3n) is 5.01. The van der Waals surface area contributed by atoms with Crippen molar-refractivity contribution in [1.82, 2.24) is 4.98 Å². The van der Waals surface area contributed by atoms with Gasteiger partial charge in [0.1, 0.15) is 5.82 Å². The van der Waals surface area contributed by atoms with E-state index >= 15 is 8.78 Å². The van der Waals surface area contributed by atoms with Crippen LogP contribution in [-0.2, 0) is 16.2 Å². The minimum absolute atomic E-state index is 0.270. The average Bonchev–Trinajstić information content (AvgIpc) is 2.62. The van der Waals surface area contributed by atoms with E-state index in [1.54, 1.807) is 0 Å². The summed E-state index contributed by atoms with van der Waals surface area (Å²) in [7, 11) is 0. The lowest BCUT2D eigenvalue weighted by Gasteiger charge is -2.47. The number of ether oxygens (including phenoxy) is 1. The number of nitrogens with zero attached hydrogens (tertiary/aromatic N) is 2. The molecule has 4 nitrogen and oxygen atoms in total. The van der Waals surface area contributed by atoms with Crippen molar-refractivity contribution >= 4 is 6.02 Å². The maximum Gasteiger partial charge on any atom is 0.318 e. The van der Waals surface area contributed by atoms with Gasteiger partial charge in [0.2, 0.25) is 6.10 Å². The summed E-state index contributed by atoms with van der Waals surface area (Å²) in [5, 5.41) is 0. The standard InChI is InChI=1S/C18H14F5N3O/c19-10-5-6-13(25-9-10)14-18(22,23)16(26-15(24)27-14)7-8-17(20,21)12-4-2-1-3-11(12)16/h1-6,9,14H,7-8H2,(H2,24,26)/t14?,16-/m1/s1. The first-order valence-electron chi connectivity index (χ1n) is 8.16. The predicted molar refractivity (Wildman–Crippen MR) is 85.8 cm³/mol. The highest BCUT2D eigenvalue weighted by Gasteiger charge is 2.67. The quantitative estimate of drug-likeness (QED) is 0.757. The highest BCUT2D eigenvalue weighted by Crippen LogP contribution is 2.59. The molecule has 1 aromatic heterocycles. The zero-order chi connectivity index (χ0) is 19.4. The number of nitrogens with two attached hydrogens (primary N) is 1. The van der Waals surface area contributed by atoms with Crippen LogP contribution >= 0.6 is 0 Å². The molecule has 0 saturated carbocycles. The molecule has 4 rings (SSSR count). The second-order valence-electron chi connectivity index (χ2n) is 6.58. The van der Waals surface area contributed by atoms with Gasteiger partial charge in [-0.05, 0) is 24.1 Å². The van der Waals surface area contributed by atoms with Crippen LogP contribution in [0, 0.1) is 5.82 Å². The van der Waals surface area contributed by atoms with Gasteiger partial charge in [-0.2, -0.15) is 8.78 Å². The molecular weight excluding hydrogens is 369 g/mol. The van der Waals surface area contributed by atoms with Gasteiger partial charge in [0.15, 0.2) is 5.54 Å². The van der Waals surface area contributed by atoms with E-state index in [2.05, 4.69) is 9.98 Å². The van der Waals surface area contributed by atoms with E-state index in [4.69, 9.17) is 10.5 Å². The number of fused-ring (bicyclic) bond motifs is 2. The van der Waals surface area contributed by atoms with Crippen molar-refractivity contribution in [2.75, 3.05) is 0 Å². The first kappa shape index (κ1) is 17.7. The number of hydrogen-bond acceptors (Lipinski definition) is 4. The summed E-state index contributed by atoms with van der Waals surface area (Å²) >= 11 is 0. The summed E-state index contributed by atoms with van der Waals surface area (Å²) in [5.41, 5.74) is 2.24. The number of alkyl halides is 4. The summed E-state index contributed by atoms with van der Waals surface area (Å²) in [5.74, 6) is -7.73. The SMILES string of the molecule is NC1=N[C@@]2(CCC(F)(F)c3ccccc32)C(F)(F)C(c2ccc(F)cn2)O1.